The molecule has 2 aromatic rings. The van der Waals surface area contributed by atoms with Crippen LogP contribution in [0, 0.1) is 11.8 Å². The Morgan fingerprint density at radius 1 is 0.333 bits per heavy atom. The van der Waals surface area contributed by atoms with Crippen LogP contribution in [-0.2, 0) is 33.4 Å². The van der Waals surface area contributed by atoms with E-state index in [1.807, 2.05) is 0 Å². The summed E-state index contributed by atoms with van der Waals surface area (Å²) in [6.45, 7) is 19.3. The molecule has 0 heterocycles. The highest BCUT2D eigenvalue weighted by atomic mass is 16.6. The van der Waals surface area contributed by atoms with Crippen molar-refractivity contribution in [1.82, 2.24) is 47.4 Å². The zero-order chi connectivity index (χ0) is 75.0. The highest BCUT2D eigenvalue weighted by molar-refractivity contribution is 5.96. The Hall–Kier alpha value is -7.17. The van der Waals surface area contributed by atoms with Crippen LogP contribution in [0.1, 0.15) is 338 Å². The molecule has 0 saturated heterocycles. The molecule has 20 nitrogen and oxygen atoms in total. The van der Waals surface area contributed by atoms with E-state index < -0.39 is 40.7 Å². The highest BCUT2D eigenvalue weighted by Gasteiger charge is 2.34. The fraction of sp³-hybridized carbons (Fsp3) is 0.720. The molecule has 576 valence electrons. The molecule has 0 aliphatic carbocycles. The molecule has 20 heteroatoms. The molecule has 9 amide bonds. The monoisotopic (exact) mass is 1420 g/mol. The first-order chi connectivity index (χ1) is 49.0. The summed E-state index contributed by atoms with van der Waals surface area (Å²) >= 11 is 0. The maximum Gasteiger partial charge on any atom is 0.407 e. The average molecular weight is 1430 g/mol. The summed E-state index contributed by atoms with van der Waals surface area (Å²) in [6.07, 6.45) is 35.3. The molecular weight excluding hydrogens is 1290 g/mol. The first kappa shape index (κ1) is 90.9. The van der Waals surface area contributed by atoms with Crippen LogP contribution in [0.3, 0.4) is 0 Å². The van der Waals surface area contributed by atoms with Crippen molar-refractivity contribution in [2.45, 2.75) is 323 Å². The number of nitrogens with zero attached hydrogens (tertiary/aromatic N) is 1. The summed E-state index contributed by atoms with van der Waals surface area (Å²) in [5.74, 6) is 4.35. The summed E-state index contributed by atoms with van der Waals surface area (Å²) in [5.41, 5.74) is -0.586. The van der Waals surface area contributed by atoms with Crippen molar-refractivity contribution < 1.29 is 52.6 Å². The lowest BCUT2D eigenvalue weighted by molar-refractivity contribution is -0.123. The first-order valence-corrected chi connectivity index (χ1v) is 39.6. The Kier molecular flexibility index (Phi) is 50.2. The lowest BCUT2D eigenvalue weighted by Crippen LogP contribution is -2.50. The van der Waals surface area contributed by atoms with Crippen LogP contribution in [0.15, 0.2) is 48.5 Å². The van der Waals surface area contributed by atoms with Crippen LogP contribution >= 0.6 is 0 Å². The van der Waals surface area contributed by atoms with Gasteiger partial charge < -0.3 is 56.9 Å². The van der Waals surface area contributed by atoms with Crippen LogP contribution in [0.5, 0.6) is 0 Å². The van der Waals surface area contributed by atoms with Crippen LogP contribution in [0.4, 0.5) is 9.59 Å². The summed E-state index contributed by atoms with van der Waals surface area (Å²) in [7, 11) is 0. The fourth-order valence-corrected chi connectivity index (χ4v) is 11.8. The van der Waals surface area contributed by atoms with Crippen molar-refractivity contribution in [1.29, 1.82) is 0 Å². The smallest absolute Gasteiger partial charge is 0.407 e. The van der Waals surface area contributed by atoms with Crippen molar-refractivity contribution in [3.8, 4) is 11.8 Å². The van der Waals surface area contributed by atoms with Crippen LogP contribution in [0.2, 0.25) is 0 Å². The van der Waals surface area contributed by atoms with Gasteiger partial charge in [-0.25, -0.2) is 9.59 Å². The van der Waals surface area contributed by atoms with E-state index in [0.29, 0.717) is 41.9 Å². The Morgan fingerprint density at radius 2 is 0.598 bits per heavy atom. The summed E-state index contributed by atoms with van der Waals surface area (Å²) in [6, 6.07) is 13.5. The zero-order valence-electron chi connectivity index (χ0n) is 64.8. The molecule has 0 spiro atoms. The predicted molar refractivity (Wildman–Crippen MR) is 411 cm³/mol. The second kappa shape index (κ2) is 56.3. The summed E-state index contributed by atoms with van der Waals surface area (Å²) in [4.78, 5) is 121. The molecule has 0 fully saturated rings. The van der Waals surface area contributed by atoms with Crippen molar-refractivity contribution >= 4 is 53.5 Å². The van der Waals surface area contributed by atoms with Gasteiger partial charge in [-0.05, 0) is 129 Å². The lowest BCUT2D eigenvalue weighted by atomic mass is 9.82. The molecule has 8 N–H and O–H groups in total. The first-order valence-electron chi connectivity index (χ1n) is 39.6. The SMILES string of the molecule is CCCCCCCCCCCCNC(=O)CCC(CCC(=O)NCCCCCCCCCCCC)(CCC(=O)NCCCCCCCCCCCC)NC(=O)c1ccc(C#Cc2ccc(C(=O)N(CCC(=O)NCCNC(=O)OC(C)(C)C)CCC(=O)NCCNC(=O)OC(C)(C)C)cc2)cc1. The molecule has 2 aromatic carbocycles. The Balaban J connectivity index is 2.33. The second-order valence-corrected chi connectivity index (χ2v) is 29.6. The molecule has 0 aliphatic heterocycles. The van der Waals surface area contributed by atoms with Crippen molar-refractivity contribution in [3.63, 3.8) is 0 Å². The second-order valence-electron chi connectivity index (χ2n) is 29.6. The number of unbranched alkanes of at least 4 members (excludes halogenated alkanes) is 27. The van der Waals surface area contributed by atoms with Gasteiger partial charge in [0.1, 0.15) is 11.2 Å². The number of ether oxygens (including phenoxy) is 2. The normalized spacial score (nSPS) is 11.3. The number of nitrogens with one attached hydrogen (secondary N) is 8. The third-order valence-electron chi connectivity index (χ3n) is 17.8. The molecule has 102 heavy (non-hydrogen) atoms. The van der Waals surface area contributed by atoms with Crippen molar-refractivity contribution in [3.05, 3.63) is 70.8 Å². The minimum atomic E-state index is -1.08. The van der Waals surface area contributed by atoms with Gasteiger partial charge in [0.25, 0.3) is 11.8 Å². The molecule has 0 saturated carbocycles. The topological polar surface area (TPSA) is 272 Å². The minimum absolute atomic E-state index is 0.0157. The number of amides is 9. The van der Waals surface area contributed by atoms with Gasteiger partial charge in [0.05, 0.1) is 0 Å². The summed E-state index contributed by atoms with van der Waals surface area (Å²) < 4.78 is 10.5. The van der Waals surface area contributed by atoms with E-state index in [1.54, 1.807) is 90.1 Å². The number of carbonyl (C=O) groups excluding carboxylic acids is 9. The van der Waals surface area contributed by atoms with E-state index in [9.17, 15) is 43.2 Å². The zero-order valence-corrected chi connectivity index (χ0v) is 64.8. The summed E-state index contributed by atoms with van der Waals surface area (Å²) in [5, 5.41) is 23.3. The molecule has 0 aliphatic rings. The van der Waals surface area contributed by atoms with E-state index in [0.717, 1.165) is 57.8 Å². The van der Waals surface area contributed by atoms with E-state index in [-0.39, 0.29) is 120 Å². The standard InChI is InChI=1S/C82H137N9O11/c1-10-13-16-19-22-25-28-31-34-37-58-83-71(92)50-55-82(56-51-72(93)84-59-38-35-32-29-26-23-20-17-14-11-2,57-52-73(94)85-60-39-36-33-30-27-24-21-18-15-12-3)90-76(97)69-46-42-67(43-47-69)40-41-68-44-48-70(49-45-68)77(98)91(65-53-74(95)86-61-63-88-78(99)101-80(4,5)6)66-54-75(96)87-62-64-89-79(100)102-81(7,8)9/h42-49H,10-39,50-66H2,1-9H3,(H,83,92)(H,84,93)(H,85,94)(H,86,95)(H,87,96)(H,88,99)(H,89,100)(H,90,97). The highest BCUT2D eigenvalue weighted by Crippen LogP contribution is 2.28. The third-order valence-corrected chi connectivity index (χ3v) is 17.8. The molecule has 0 atom stereocenters. The van der Waals surface area contributed by atoms with Gasteiger partial charge in [-0.3, -0.25) is 33.6 Å². The minimum Gasteiger partial charge on any atom is -0.444 e. The van der Waals surface area contributed by atoms with Gasteiger partial charge in [-0.2, -0.15) is 0 Å². The van der Waals surface area contributed by atoms with Gasteiger partial charge >= 0.3 is 12.2 Å². The molecule has 0 aromatic heterocycles. The number of hydrogen-bond donors (Lipinski definition) is 8. The van der Waals surface area contributed by atoms with Crippen molar-refractivity contribution in [2.75, 3.05) is 58.9 Å². The van der Waals surface area contributed by atoms with Gasteiger partial charge in [-0.1, -0.05) is 206 Å². The maximum atomic E-state index is 14.6. The Labute approximate surface area is 615 Å². The Morgan fingerprint density at radius 3 is 0.902 bits per heavy atom. The molecule has 0 radical (unpaired) electrons. The van der Waals surface area contributed by atoms with Gasteiger partial charge in [0.2, 0.25) is 29.5 Å². The quantitative estimate of drug-likeness (QED) is 0.0228. The lowest BCUT2D eigenvalue weighted by Gasteiger charge is -2.35. The van der Waals surface area contributed by atoms with Gasteiger partial charge in [0, 0.05) is 119 Å². The number of carbonyl (C=O) groups is 9. The fourth-order valence-electron chi connectivity index (χ4n) is 11.8. The number of benzene rings is 2. The third kappa shape index (κ3) is 49.4. The van der Waals surface area contributed by atoms with E-state index in [2.05, 4.69) is 75.1 Å². The van der Waals surface area contributed by atoms with Crippen molar-refractivity contribution in [2.24, 2.45) is 0 Å². The molecule has 0 unspecified atom stereocenters. The van der Waals surface area contributed by atoms with Crippen LogP contribution < -0.4 is 42.5 Å². The Bertz CT molecular complexity index is 2580. The van der Waals surface area contributed by atoms with Gasteiger partial charge in [0.15, 0.2) is 0 Å². The average Bonchev–Trinajstić information content (AvgIpc) is 0.835. The van der Waals surface area contributed by atoms with Gasteiger partial charge in [-0.15, -0.1) is 0 Å². The molecule has 0 bridgehead atoms. The maximum absolute atomic E-state index is 14.6. The number of rotatable bonds is 57. The van der Waals surface area contributed by atoms with E-state index >= 15 is 0 Å². The number of hydrogen-bond acceptors (Lipinski definition) is 11. The van der Waals surface area contributed by atoms with E-state index in [4.69, 9.17) is 9.47 Å². The predicted octanol–water partition coefficient (Wildman–Crippen LogP) is 15.5. The van der Waals surface area contributed by atoms with E-state index in [1.165, 1.54) is 140 Å². The molecular formula is C82H137N9O11. The van der Waals surface area contributed by atoms with Crippen LogP contribution in [0.25, 0.3) is 0 Å². The largest absolute Gasteiger partial charge is 0.444 e. The van der Waals surface area contributed by atoms with Crippen LogP contribution in [-0.4, -0.2) is 134 Å². The molecule has 2 rings (SSSR count). The number of alkyl carbamates (subject to hydrolysis) is 2.